The lowest BCUT2D eigenvalue weighted by Gasteiger charge is -2.25. The molecule has 0 bridgehead atoms. The third-order valence-corrected chi connectivity index (χ3v) is 4.30. The Balaban J connectivity index is 1.56. The monoisotopic (exact) mass is 333 g/mol. The van der Waals surface area contributed by atoms with Gasteiger partial charge in [0.1, 0.15) is 0 Å². The van der Waals surface area contributed by atoms with Crippen LogP contribution in [0.4, 0.5) is 21.0 Å². The second-order valence-corrected chi connectivity index (χ2v) is 6.24. The van der Waals surface area contributed by atoms with Crippen LogP contribution in [0.3, 0.4) is 0 Å². The number of benzene rings is 1. The minimum Gasteiger partial charge on any atom is -0.453 e. The average molecular weight is 333 g/mol. The molecule has 2 fully saturated rings. The molecule has 1 atom stereocenters. The van der Waals surface area contributed by atoms with Gasteiger partial charge in [-0.3, -0.25) is 5.32 Å². The molecule has 1 saturated heterocycles. The number of nitrogens with zero attached hydrogens (tertiary/aromatic N) is 1. The van der Waals surface area contributed by atoms with Crippen LogP contribution in [0, 0.1) is 5.92 Å². The molecule has 7 nitrogen and oxygen atoms in total. The predicted octanol–water partition coefficient (Wildman–Crippen LogP) is 2.90. The Morgan fingerprint density at radius 2 is 1.83 bits per heavy atom. The van der Waals surface area contributed by atoms with Gasteiger partial charge in [-0.1, -0.05) is 0 Å². The van der Waals surface area contributed by atoms with Crippen molar-refractivity contribution in [3.05, 3.63) is 24.3 Å². The summed E-state index contributed by atoms with van der Waals surface area (Å²) in [4.78, 5) is 25.7. The first-order chi connectivity index (χ1) is 11.7. The molecule has 0 radical (unpaired) electrons. The van der Waals surface area contributed by atoms with Crippen molar-refractivity contribution in [2.75, 3.05) is 37.5 Å². The minimum atomic E-state index is -0.523. The van der Waals surface area contributed by atoms with E-state index in [4.69, 9.17) is 4.74 Å². The summed E-state index contributed by atoms with van der Waals surface area (Å²) < 4.78 is 9.95. The maximum atomic E-state index is 12.6. The van der Waals surface area contributed by atoms with Crippen LogP contribution in [0.2, 0.25) is 0 Å². The number of hydrogen-bond donors (Lipinski definition) is 2. The van der Waals surface area contributed by atoms with Crippen molar-refractivity contribution in [1.29, 1.82) is 0 Å². The van der Waals surface area contributed by atoms with Gasteiger partial charge in [0.25, 0.3) is 0 Å². The summed E-state index contributed by atoms with van der Waals surface area (Å²) in [6.07, 6.45) is 2.64. The zero-order valence-electron chi connectivity index (χ0n) is 13.8. The fraction of sp³-hybridized carbons (Fsp3) is 0.529. The number of carbonyl (C=O) groups is 2. The minimum absolute atomic E-state index is 0.0712. The molecule has 3 rings (SSSR count). The molecule has 1 aliphatic carbocycles. The van der Waals surface area contributed by atoms with Crippen LogP contribution in [-0.2, 0) is 9.47 Å². The largest absolute Gasteiger partial charge is 0.453 e. The third kappa shape index (κ3) is 4.38. The zero-order chi connectivity index (χ0) is 16.9. The molecule has 3 amide bonds. The zero-order valence-corrected chi connectivity index (χ0v) is 13.8. The summed E-state index contributed by atoms with van der Waals surface area (Å²) in [6, 6.07) is 7.24. The first kappa shape index (κ1) is 16.6. The van der Waals surface area contributed by atoms with Gasteiger partial charge in [0.05, 0.1) is 13.7 Å². The Bertz CT molecular complexity index is 580. The predicted molar refractivity (Wildman–Crippen MR) is 90.1 cm³/mol. The summed E-state index contributed by atoms with van der Waals surface area (Å²) in [5.74, 6) is 0.433. The van der Waals surface area contributed by atoms with Gasteiger partial charge in [-0.05, 0) is 43.5 Å². The van der Waals surface area contributed by atoms with E-state index in [9.17, 15) is 9.59 Å². The molecular weight excluding hydrogens is 310 g/mol. The van der Waals surface area contributed by atoms with E-state index >= 15 is 0 Å². The number of anilines is 2. The summed E-state index contributed by atoms with van der Waals surface area (Å²) in [6.45, 7) is 2.28. The topological polar surface area (TPSA) is 79.9 Å². The molecular formula is C17H23N3O4. The normalized spacial score (nSPS) is 19.6. The Morgan fingerprint density at radius 3 is 2.38 bits per heavy atom. The highest BCUT2D eigenvalue weighted by molar-refractivity contribution is 5.90. The summed E-state index contributed by atoms with van der Waals surface area (Å²) in [5, 5.41) is 5.51. The highest BCUT2D eigenvalue weighted by Gasteiger charge is 2.34. The fourth-order valence-electron chi connectivity index (χ4n) is 2.79. The SMILES string of the molecule is COC(=O)Nc1ccc(NC(=O)N(C[C@H]2CCOC2)C2CC2)cc1. The van der Waals surface area contributed by atoms with Crippen LogP contribution >= 0.6 is 0 Å². The maximum Gasteiger partial charge on any atom is 0.411 e. The molecule has 1 aromatic carbocycles. The van der Waals surface area contributed by atoms with Crippen molar-refractivity contribution < 1.29 is 19.1 Å². The van der Waals surface area contributed by atoms with Gasteiger partial charge in [0.15, 0.2) is 0 Å². The van der Waals surface area contributed by atoms with Gasteiger partial charge in [0.2, 0.25) is 0 Å². The molecule has 7 heteroatoms. The molecule has 1 aromatic rings. The van der Waals surface area contributed by atoms with Crippen LogP contribution in [-0.4, -0.2) is 49.9 Å². The molecule has 1 aliphatic heterocycles. The smallest absolute Gasteiger partial charge is 0.411 e. The van der Waals surface area contributed by atoms with Crippen molar-refractivity contribution >= 4 is 23.5 Å². The van der Waals surface area contributed by atoms with Gasteiger partial charge >= 0.3 is 12.1 Å². The van der Waals surface area contributed by atoms with Gasteiger partial charge in [0, 0.05) is 36.5 Å². The van der Waals surface area contributed by atoms with Crippen LogP contribution < -0.4 is 10.6 Å². The second kappa shape index (κ2) is 7.53. The van der Waals surface area contributed by atoms with E-state index in [0.29, 0.717) is 23.3 Å². The van der Waals surface area contributed by atoms with Crippen molar-refractivity contribution in [3.63, 3.8) is 0 Å². The van der Waals surface area contributed by atoms with Crippen LogP contribution in [0.1, 0.15) is 19.3 Å². The lowest BCUT2D eigenvalue weighted by atomic mass is 10.1. The number of hydrogen-bond acceptors (Lipinski definition) is 4. The lowest BCUT2D eigenvalue weighted by molar-refractivity contribution is 0.167. The highest BCUT2D eigenvalue weighted by atomic mass is 16.5. The van der Waals surface area contributed by atoms with Gasteiger partial charge in [-0.15, -0.1) is 0 Å². The standard InChI is InChI=1S/C17H23N3O4/c1-23-17(22)19-14-4-2-13(3-5-14)18-16(21)20(15-6-7-15)10-12-8-9-24-11-12/h2-5,12,15H,6-11H2,1H3,(H,18,21)(H,19,22)/t12-/m1/s1. The van der Waals surface area contributed by atoms with E-state index in [2.05, 4.69) is 15.4 Å². The highest BCUT2D eigenvalue weighted by Crippen LogP contribution is 2.29. The first-order valence-corrected chi connectivity index (χ1v) is 8.26. The summed E-state index contributed by atoms with van der Waals surface area (Å²) >= 11 is 0. The van der Waals surface area contributed by atoms with E-state index in [-0.39, 0.29) is 6.03 Å². The van der Waals surface area contributed by atoms with Crippen molar-refractivity contribution in [2.45, 2.75) is 25.3 Å². The van der Waals surface area contributed by atoms with E-state index in [1.165, 1.54) is 7.11 Å². The molecule has 0 spiro atoms. The van der Waals surface area contributed by atoms with Gasteiger partial charge < -0.3 is 19.7 Å². The van der Waals surface area contributed by atoms with E-state index in [1.807, 2.05) is 4.90 Å². The van der Waals surface area contributed by atoms with E-state index in [1.54, 1.807) is 24.3 Å². The van der Waals surface area contributed by atoms with Crippen molar-refractivity contribution in [3.8, 4) is 0 Å². The third-order valence-electron chi connectivity index (χ3n) is 4.30. The number of ether oxygens (including phenoxy) is 2. The quantitative estimate of drug-likeness (QED) is 0.868. The molecule has 1 heterocycles. The summed E-state index contributed by atoms with van der Waals surface area (Å²) in [5.41, 5.74) is 1.31. The Hall–Kier alpha value is -2.28. The molecule has 0 aromatic heterocycles. The lowest BCUT2D eigenvalue weighted by Crippen LogP contribution is -2.40. The number of methoxy groups -OCH3 is 1. The number of nitrogens with one attached hydrogen (secondary N) is 2. The van der Waals surface area contributed by atoms with Crippen molar-refractivity contribution in [2.24, 2.45) is 5.92 Å². The molecule has 2 aliphatic rings. The second-order valence-electron chi connectivity index (χ2n) is 6.24. The molecule has 130 valence electrons. The number of urea groups is 1. The first-order valence-electron chi connectivity index (χ1n) is 8.26. The Morgan fingerprint density at radius 1 is 1.17 bits per heavy atom. The molecule has 1 saturated carbocycles. The van der Waals surface area contributed by atoms with Gasteiger partial charge in [-0.2, -0.15) is 0 Å². The number of amides is 3. The number of rotatable bonds is 5. The van der Waals surface area contributed by atoms with Crippen LogP contribution in [0.15, 0.2) is 24.3 Å². The summed E-state index contributed by atoms with van der Waals surface area (Å²) in [7, 11) is 1.31. The number of carbonyl (C=O) groups excluding carboxylic acids is 2. The van der Waals surface area contributed by atoms with Crippen LogP contribution in [0.5, 0.6) is 0 Å². The van der Waals surface area contributed by atoms with E-state index < -0.39 is 6.09 Å². The van der Waals surface area contributed by atoms with E-state index in [0.717, 1.165) is 39.0 Å². The average Bonchev–Trinajstić information content (AvgIpc) is 3.30. The molecule has 24 heavy (non-hydrogen) atoms. The van der Waals surface area contributed by atoms with Crippen molar-refractivity contribution in [1.82, 2.24) is 4.90 Å². The fourth-order valence-corrected chi connectivity index (χ4v) is 2.79. The van der Waals surface area contributed by atoms with Gasteiger partial charge in [-0.25, -0.2) is 9.59 Å². The maximum absolute atomic E-state index is 12.6. The molecule has 0 unspecified atom stereocenters. The Labute approximate surface area is 141 Å². The Kier molecular flexibility index (Phi) is 5.20. The molecule has 2 N–H and O–H groups in total. The van der Waals surface area contributed by atoms with Crippen LogP contribution in [0.25, 0.3) is 0 Å².